The highest BCUT2D eigenvalue weighted by molar-refractivity contribution is 5.95. The van der Waals surface area contributed by atoms with E-state index in [-0.39, 0.29) is 23.8 Å². The van der Waals surface area contributed by atoms with Gasteiger partial charge in [0.15, 0.2) is 0 Å². The predicted octanol–water partition coefficient (Wildman–Crippen LogP) is 2.39. The van der Waals surface area contributed by atoms with Crippen molar-refractivity contribution in [3.05, 3.63) is 69.8 Å². The molecular formula is C18H19N3O5. The normalized spacial score (nSPS) is 10.3. The molecule has 0 radical (unpaired) electrons. The number of carbonyl (C=O) groups excluding carboxylic acids is 2. The minimum Gasteiger partial charge on any atom is -0.491 e. The van der Waals surface area contributed by atoms with Crippen molar-refractivity contribution < 1.29 is 19.2 Å². The third kappa shape index (κ3) is 5.30. The van der Waals surface area contributed by atoms with E-state index in [2.05, 4.69) is 10.9 Å². The van der Waals surface area contributed by atoms with Gasteiger partial charge in [0.2, 0.25) is 5.91 Å². The van der Waals surface area contributed by atoms with E-state index in [0.717, 1.165) is 0 Å². The number of carbonyl (C=O) groups is 2. The molecule has 2 aromatic carbocycles. The molecular weight excluding hydrogens is 338 g/mol. The Bertz CT molecular complexity index is 803. The summed E-state index contributed by atoms with van der Waals surface area (Å²) >= 11 is 0. The van der Waals surface area contributed by atoms with Crippen LogP contribution < -0.4 is 15.6 Å². The smallest absolute Gasteiger partial charge is 0.273 e. The fraction of sp³-hybridized carbons (Fsp3) is 0.222. The Hall–Kier alpha value is -3.42. The molecule has 0 atom stereocenters. The molecule has 2 N–H and O–H groups in total. The zero-order chi connectivity index (χ0) is 19.1. The largest absolute Gasteiger partial charge is 0.491 e. The second kappa shape index (κ2) is 8.61. The van der Waals surface area contributed by atoms with Gasteiger partial charge in [-0.3, -0.25) is 30.6 Å². The highest BCUT2D eigenvalue weighted by atomic mass is 16.6. The van der Waals surface area contributed by atoms with Crippen LogP contribution in [0.2, 0.25) is 0 Å². The van der Waals surface area contributed by atoms with E-state index in [1.165, 1.54) is 18.2 Å². The number of amides is 2. The van der Waals surface area contributed by atoms with Crippen molar-refractivity contribution in [3.8, 4) is 5.75 Å². The Balaban J connectivity index is 1.91. The quantitative estimate of drug-likeness (QED) is 0.609. The zero-order valence-corrected chi connectivity index (χ0v) is 14.4. The van der Waals surface area contributed by atoms with Gasteiger partial charge in [-0.1, -0.05) is 18.2 Å². The molecule has 2 amide bonds. The third-order valence-electron chi connectivity index (χ3n) is 3.34. The number of nitro benzene ring substituents is 1. The number of ether oxygens (including phenoxy) is 1. The lowest BCUT2D eigenvalue weighted by atomic mass is 10.1. The molecule has 8 heteroatoms. The summed E-state index contributed by atoms with van der Waals surface area (Å²) in [6.45, 7) is 3.79. The first-order chi connectivity index (χ1) is 12.4. The predicted molar refractivity (Wildman–Crippen MR) is 94.6 cm³/mol. The van der Waals surface area contributed by atoms with E-state index in [9.17, 15) is 19.7 Å². The lowest BCUT2D eigenvalue weighted by molar-refractivity contribution is -0.385. The maximum absolute atomic E-state index is 12.0. The number of nitro groups is 1. The van der Waals surface area contributed by atoms with Gasteiger partial charge in [0.05, 0.1) is 17.4 Å². The molecule has 26 heavy (non-hydrogen) atoms. The fourth-order valence-corrected chi connectivity index (χ4v) is 2.21. The highest BCUT2D eigenvalue weighted by Gasteiger charge is 2.16. The molecule has 0 aliphatic heterocycles. The van der Waals surface area contributed by atoms with Crippen LogP contribution in [0.5, 0.6) is 5.75 Å². The second-order valence-corrected chi connectivity index (χ2v) is 5.76. The van der Waals surface area contributed by atoms with Crippen molar-refractivity contribution in [2.24, 2.45) is 0 Å². The zero-order valence-electron chi connectivity index (χ0n) is 14.4. The van der Waals surface area contributed by atoms with Crippen LogP contribution in [0, 0.1) is 10.1 Å². The number of rotatable bonds is 6. The van der Waals surface area contributed by atoms with E-state index in [1.807, 2.05) is 13.8 Å². The first-order valence-corrected chi connectivity index (χ1v) is 7.95. The third-order valence-corrected chi connectivity index (χ3v) is 3.34. The molecule has 0 aromatic heterocycles. The molecule has 0 unspecified atom stereocenters. The van der Waals surface area contributed by atoms with Crippen LogP contribution in [-0.4, -0.2) is 22.8 Å². The first-order valence-electron chi connectivity index (χ1n) is 7.95. The summed E-state index contributed by atoms with van der Waals surface area (Å²) in [7, 11) is 0. The minimum absolute atomic E-state index is 0.0241. The van der Waals surface area contributed by atoms with Crippen molar-refractivity contribution in [2.45, 2.75) is 26.4 Å². The molecule has 0 aliphatic rings. The van der Waals surface area contributed by atoms with E-state index < -0.39 is 16.7 Å². The number of benzene rings is 2. The van der Waals surface area contributed by atoms with Gasteiger partial charge in [-0.15, -0.1) is 0 Å². The maximum atomic E-state index is 12.0. The summed E-state index contributed by atoms with van der Waals surface area (Å²) in [4.78, 5) is 34.4. The maximum Gasteiger partial charge on any atom is 0.273 e. The molecule has 2 aromatic rings. The Morgan fingerprint density at radius 3 is 2.35 bits per heavy atom. The molecule has 0 heterocycles. The van der Waals surface area contributed by atoms with E-state index in [4.69, 9.17) is 4.74 Å². The average molecular weight is 357 g/mol. The van der Waals surface area contributed by atoms with Crippen LogP contribution in [0.4, 0.5) is 5.69 Å². The van der Waals surface area contributed by atoms with Crippen molar-refractivity contribution in [3.63, 3.8) is 0 Å². The van der Waals surface area contributed by atoms with Gasteiger partial charge in [-0.2, -0.15) is 0 Å². The molecule has 2 rings (SSSR count). The summed E-state index contributed by atoms with van der Waals surface area (Å²) in [6, 6.07) is 12.4. The van der Waals surface area contributed by atoms with Gasteiger partial charge in [-0.25, -0.2) is 0 Å². The van der Waals surface area contributed by atoms with Crippen molar-refractivity contribution in [1.29, 1.82) is 0 Å². The number of para-hydroxylation sites is 1. The number of nitrogens with zero attached hydrogens (tertiary/aromatic N) is 1. The summed E-state index contributed by atoms with van der Waals surface area (Å²) in [5.41, 5.74) is 4.99. The SMILES string of the molecule is CC(C)Oc1ccc(C(=O)NNC(=O)Cc2ccccc2[N+](=O)[O-])cc1. The Morgan fingerprint density at radius 2 is 1.73 bits per heavy atom. The average Bonchev–Trinajstić information content (AvgIpc) is 2.60. The molecule has 136 valence electrons. The van der Waals surface area contributed by atoms with E-state index in [1.54, 1.807) is 30.3 Å². The van der Waals surface area contributed by atoms with Gasteiger partial charge in [0.1, 0.15) is 5.75 Å². The second-order valence-electron chi connectivity index (χ2n) is 5.76. The Morgan fingerprint density at radius 1 is 1.08 bits per heavy atom. The van der Waals surface area contributed by atoms with Crippen LogP contribution in [0.25, 0.3) is 0 Å². The Kier molecular flexibility index (Phi) is 6.26. The minimum atomic E-state index is -0.563. The summed E-state index contributed by atoms with van der Waals surface area (Å²) in [5, 5.41) is 10.9. The molecule has 0 saturated carbocycles. The fourth-order valence-electron chi connectivity index (χ4n) is 2.21. The topological polar surface area (TPSA) is 111 Å². The lowest BCUT2D eigenvalue weighted by Crippen LogP contribution is -2.42. The van der Waals surface area contributed by atoms with Gasteiger partial charge in [0, 0.05) is 17.2 Å². The molecule has 0 bridgehead atoms. The highest BCUT2D eigenvalue weighted by Crippen LogP contribution is 2.18. The molecule has 0 spiro atoms. The number of hydrogen-bond acceptors (Lipinski definition) is 5. The number of hydrazine groups is 1. The standard InChI is InChI=1S/C18H19N3O5/c1-12(2)26-15-9-7-13(8-10-15)18(23)20-19-17(22)11-14-5-3-4-6-16(14)21(24)25/h3-10,12H,11H2,1-2H3,(H,19,22)(H,20,23). The van der Waals surface area contributed by atoms with Crippen molar-refractivity contribution in [1.82, 2.24) is 10.9 Å². The number of nitrogens with one attached hydrogen (secondary N) is 2. The molecule has 0 fully saturated rings. The van der Waals surface area contributed by atoms with Crippen LogP contribution in [0.1, 0.15) is 29.8 Å². The van der Waals surface area contributed by atoms with Gasteiger partial charge in [0.25, 0.3) is 11.6 Å². The van der Waals surface area contributed by atoms with Gasteiger partial charge in [-0.05, 0) is 38.1 Å². The van der Waals surface area contributed by atoms with Crippen LogP contribution in [0.3, 0.4) is 0 Å². The molecule has 0 aliphatic carbocycles. The van der Waals surface area contributed by atoms with Crippen LogP contribution in [-0.2, 0) is 11.2 Å². The molecule has 0 saturated heterocycles. The summed E-state index contributed by atoms with van der Waals surface area (Å²) in [5.74, 6) is -0.429. The van der Waals surface area contributed by atoms with E-state index >= 15 is 0 Å². The first kappa shape index (κ1) is 18.9. The van der Waals surface area contributed by atoms with Crippen molar-refractivity contribution >= 4 is 17.5 Å². The van der Waals surface area contributed by atoms with Crippen LogP contribution in [0.15, 0.2) is 48.5 Å². The van der Waals surface area contributed by atoms with Gasteiger partial charge >= 0.3 is 0 Å². The number of hydrogen-bond donors (Lipinski definition) is 2. The monoisotopic (exact) mass is 357 g/mol. The lowest BCUT2D eigenvalue weighted by Gasteiger charge is -2.10. The summed E-state index contributed by atoms with van der Waals surface area (Å²) in [6.07, 6.45) is -0.200. The summed E-state index contributed by atoms with van der Waals surface area (Å²) < 4.78 is 5.49. The van der Waals surface area contributed by atoms with Crippen molar-refractivity contribution in [2.75, 3.05) is 0 Å². The van der Waals surface area contributed by atoms with Gasteiger partial charge < -0.3 is 4.74 Å². The van der Waals surface area contributed by atoms with Crippen LogP contribution >= 0.6 is 0 Å². The molecule has 8 nitrogen and oxygen atoms in total. The Labute approximate surface area is 150 Å². The van der Waals surface area contributed by atoms with E-state index in [0.29, 0.717) is 11.3 Å².